The van der Waals surface area contributed by atoms with Gasteiger partial charge in [-0.15, -0.1) is 0 Å². The number of carbonyl (C=O) groups is 5. The molecule has 0 fully saturated rings. The van der Waals surface area contributed by atoms with Gasteiger partial charge in [0.2, 0.25) is 29.5 Å². The number of benzene rings is 4. The highest BCUT2D eigenvalue weighted by Crippen LogP contribution is 2.20. The van der Waals surface area contributed by atoms with E-state index in [4.69, 9.17) is 11.5 Å². The van der Waals surface area contributed by atoms with Crippen LogP contribution in [0.5, 0.6) is 0 Å². The minimum absolute atomic E-state index is 0.0705. The molecule has 0 radical (unpaired) electrons. The van der Waals surface area contributed by atoms with Crippen LogP contribution in [0.15, 0.2) is 103 Å². The Balaban J connectivity index is 1.31. The fourth-order valence-electron chi connectivity index (χ4n) is 5.84. The lowest BCUT2D eigenvalue weighted by Gasteiger charge is -2.25. The summed E-state index contributed by atoms with van der Waals surface area (Å²) < 4.78 is 0. The Morgan fingerprint density at radius 1 is 0.608 bits per heavy atom. The first-order valence-electron chi connectivity index (χ1n) is 16.8. The molecule has 0 bridgehead atoms. The summed E-state index contributed by atoms with van der Waals surface area (Å²) in [6.45, 7) is 2.96. The van der Waals surface area contributed by atoms with Gasteiger partial charge >= 0.3 is 0 Å². The number of rotatable bonds is 15. The van der Waals surface area contributed by atoms with Gasteiger partial charge in [-0.3, -0.25) is 24.0 Å². The van der Waals surface area contributed by atoms with Gasteiger partial charge in [-0.2, -0.15) is 0 Å². The molecular formula is C39H43N7O5. The highest BCUT2D eigenvalue weighted by Gasteiger charge is 2.31. The molecule has 4 aromatic carbocycles. The Bertz CT molecular complexity index is 2030. The fourth-order valence-corrected chi connectivity index (χ4v) is 5.84. The van der Waals surface area contributed by atoms with Crippen LogP contribution >= 0.6 is 0 Å². The van der Waals surface area contributed by atoms with Gasteiger partial charge in [0.1, 0.15) is 24.2 Å². The Kier molecular flexibility index (Phi) is 11.8. The lowest BCUT2D eigenvalue weighted by Crippen LogP contribution is -2.59. The van der Waals surface area contributed by atoms with E-state index in [2.05, 4.69) is 26.3 Å². The molecule has 51 heavy (non-hydrogen) atoms. The molecule has 0 unspecified atom stereocenters. The van der Waals surface area contributed by atoms with Crippen molar-refractivity contribution >= 4 is 51.2 Å². The van der Waals surface area contributed by atoms with Crippen molar-refractivity contribution in [3.05, 3.63) is 120 Å². The summed E-state index contributed by atoms with van der Waals surface area (Å²) in [4.78, 5) is 68.9. The summed E-state index contributed by atoms with van der Waals surface area (Å²) in [7, 11) is 0. The van der Waals surface area contributed by atoms with E-state index >= 15 is 0 Å². The average molecular weight is 690 g/mol. The summed E-state index contributed by atoms with van der Waals surface area (Å²) in [5.41, 5.74) is 14.9. The van der Waals surface area contributed by atoms with Crippen LogP contribution in [-0.4, -0.2) is 64.7 Å². The number of para-hydroxylation sites is 1. The largest absolute Gasteiger partial charge is 0.368 e. The van der Waals surface area contributed by atoms with Crippen molar-refractivity contribution < 1.29 is 24.0 Å². The SMILES string of the molecule is C[C@H](NC(=O)[C@@H](Cc1ccccc1)NC(=O)[C@H](Cc1c[nH]c2ccccc12)NC(=O)[C@H](C)NC(=O)[C@H](N)Cc1ccc2ccccc2c1)C(N)=O. The molecule has 1 heterocycles. The van der Waals surface area contributed by atoms with Gasteiger partial charge in [0.05, 0.1) is 6.04 Å². The Labute approximate surface area is 295 Å². The van der Waals surface area contributed by atoms with Gasteiger partial charge in [-0.1, -0.05) is 91.0 Å². The van der Waals surface area contributed by atoms with E-state index in [0.29, 0.717) is 0 Å². The first-order valence-corrected chi connectivity index (χ1v) is 16.8. The predicted molar refractivity (Wildman–Crippen MR) is 196 cm³/mol. The topological polar surface area (TPSA) is 201 Å². The first kappa shape index (κ1) is 36.3. The van der Waals surface area contributed by atoms with E-state index in [1.165, 1.54) is 13.8 Å². The van der Waals surface area contributed by atoms with Crippen molar-refractivity contribution in [2.45, 2.75) is 63.3 Å². The van der Waals surface area contributed by atoms with Gasteiger partial charge in [-0.05, 0) is 53.8 Å². The molecule has 0 aliphatic carbocycles. The Morgan fingerprint density at radius 2 is 1.22 bits per heavy atom. The number of primary amides is 1. The molecule has 5 amide bonds. The number of nitrogens with one attached hydrogen (secondary N) is 5. The third-order valence-electron chi connectivity index (χ3n) is 8.79. The second-order valence-corrected chi connectivity index (χ2v) is 12.7. The molecule has 5 aromatic rings. The van der Waals surface area contributed by atoms with Crippen LogP contribution in [0, 0.1) is 0 Å². The molecule has 0 aliphatic rings. The zero-order chi connectivity index (χ0) is 36.5. The highest BCUT2D eigenvalue weighted by molar-refractivity contribution is 5.96. The average Bonchev–Trinajstić information content (AvgIpc) is 3.53. The minimum Gasteiger partial charge on any atom is -0.368 e. The van der Waals surface area contributed by atoms with E-state index in [9.17, 15) is 24.0 Å². The van der Waals surface area contributed by atoms with Crippen LogP contribution in [0.4, 0.5) is 0 Å². The number of H-pyrrole nitrogens is 1. The van der Waals surface area contributed by atoms with Crippen LogP contribution in [0.25, 0.3) is 21.7 Å². The smallest absolute Gasteiger partial charge is 0.243 e. The van der Waals surface area contributed by atoms with E-state index in [-0.39, 0.29) is 19.3 Å². The van der Waals surface area contributed by atoms with Crippen molar-refractivity contribution in [2.24, 2.45) is 11.5 Å². The van der Waals surface area contributed by atoms with Crippen LogP contribution < -0.4 is 32.7 Å². The third kappa shape index (κ3) is 9.58. The highest BCUT2D eigenvalue weighted by atomic mass is 16.2. The van der Waals surface area contributed by atoms with E-state index in [1.807, 2.05) is 97.1 Å². The van der Waals surface area contributed by atoms with Crippen molar-refractivity contribution in [2.75, 3.05) is 0 Å². The predicted octanol–water partition coefficient (Wildman–Crippen LogP) is 2.14. The number of nitrogens with two attached hydrogens (primary N) is 2. The van der Waals surface area contributed by atoms with Crippen LogP contribution in [0.1, 0.15) is 30.5 Å². The normalized spacial score (nSPS) is 14.1. The zero-order valence-electron chi connectivity index (χ0n) is 28.5. The lowest BCUT2D eigenvalue weighted by molar-refractivity contribution is -0.134. The molecule has 0 aliphatic heterocycles. The molecule has 264 valence electrons. The number of fused-ring (bicyclic) bond motifs is 2. The van der Waals surface area contributed by atoms with Crippen molar-refractivity contribution in [3.63, 3.8) is 0 Å². The number of aromatic amines is 1. The maximum atomic E-state index is 14.0. The number of hydrogen-bond acceptors (Lipinski definition) is 6. The second kappa shape index (κ2) is 16.6. The summed E-state index contributed by atoms with van der Waals surface area (Å²) in [6.07, 6.45) is 2.20. The maximum Gasteiger partial charge on any atom is 0.243 e. The standard InChI is InChI=1S/C39H43N7O5/c1-23(35(41)47)43-38(50)33(20-25-10-4-3-5-11-25)46-39(51)34(21-29-22-42-32-15-9-8-14-30(29)32)45-36(48)24(2)44-37(49)31(40)19-26-16-17-27-12-6-7-13-28(27)18-26/h3-18,22-24,31,33-34,42H,19-21,40H2,1-2H3,(H2,41,47)(H,43,50)(H,44,49)(H,45,48)(H,46,51)/t23-,24-,31+,33+,34-/m0/s1. The molecule has 9 N–H and O–H groups in total. The van der Waals surface area contributed by atoms with E-state index in [0.717, 1.165) is 38.4 Å². The molecule has 0 saturated carbocycles. The number of hydrogen-bond donors (Lipinski definition) is 7. The van der Waals surface area contributed by atoms with Gasteiger partial charge in [0.15, 0.2) is 0 Å². The van der Waals surface area contributed by atoms with Crippen molar-refractivity contribution in [3.8, 4) is 0 Å². The van der Waals surface area contributed by atoms with Crippen molar-refractivity contribution in [1.29, 1.82) is 0 Å². The van der Waals surface area contributed by atoms with E-state index < -0.39 is 59.7 Å². The fraction of sp³-hybridized carbons (Fsp3) is 0.256. The summed E-state index contributed by atoms with van der Waals surface area (Å²) in [5.74, 6) is -3.12. The minimum atomic E-state index is -1.15. The molecule has 5 rings (SSSR count). The van der Waals surface area contributed by atoms with Gasteiger partial charge in [0, 0.05) is 29.9 Å². The van der Waals surface area contributed by atoms with Gasteiger partial charge in [-0.25, -0.2) is 0 Å². The summed E-state index contributed by atoms with van der Waals surface area (Å²) >= 11 is 0. The number of aromatic nitrogens is 1. The van der Waals surface area contributed by atoms with Crippen LogP contribution in [-0.2, 0) is 43.2 Å². The Morgan fingerprint density at radius 3 is 1.96 bits per heavy atom. The summed E-state index contributed by atoms with van der Waals surface area (Å²) in [5, 5.41) is 13.7. The third-order valence-corrected chi connectivity index (χ3v) is 8.79. The van der Waals surface area contributed by atoms with Gasteiger partial charge in [0.25, 0.3) is 0 Å². The molecule has 12 heteroatoms. The molecular weight excluding hydrogens is 646 g/mol. The lowest BCUT2D eigenvalue weighted by atomic mass is 10.0. The summed E-state index contributed by atoms with van der Waals surface area (Å²) in [6, 6.07) is 25.1. The van der Waals surface area contributed by atoms with Gasteiger partial charge < -0.3 is 37.7 Å². The monoisotopic (exact) mass is 689 g/mol. The van der Waals surface area contributed by atoms with Crippen LogP contribution in [0.2, 0.25) is 0 Å². The van der Waals surface area contributed by atoms with Crippen molar-refractivity contribution in [1.82, 2.24) is 26.3 Å². The number of amides is 5. The number of carbonyl (C=O) groups excluding carboxylic acids is 5. The maximum absolute atomic E-state index is 14.0. The van der Waals surface area contributed by atoms with E-state index in [1.54, 1.807) is 6.20 Å². The zero-order valence-corrected chi connectivity index (χ0v) is 28.5. The molecule has 1 aromatic heterocycles. The Hall–Kier alpha value is -6.01. The first-order chi connectivity index (χ1) is 24.5. The quantitative estimate of drug-likeness (QED) is 0.0878. The second-order valence-electron chi connectivity index (χ2n) is 12.7. The molecule has 12 nitrogen and oxygen atoms in total. The molecule has 0 spiro atoms. The van der Waals surface area contributed by atoms with Crippen LogP contribution in [0.3, 0.4) is 0 Å². The molecule has 0 saturated heterocycles. The molecule has 5 atom stereocenters.